The first kappa shape index (κ1) is 83.8. The Labute approximate surface area is 636 Å². The smallest absolute Gasteiger partial charge is 0.297 e. The first-order valence-electron chi connectivity index (χ1n) is 35.5. The number of hydrogen-bond donors (Lipinski definition) is 19. The summed E-state index contributed by atoms with van der Waals surface area (Å²) in [6.07, 6.45) is -78.5. The molecule has 4 aromatic carbocycles. The molecule has 41 nitrogen and oxygen atoms in total. The first-order valence-corrected chi connectivity index (χ1v) is 39.8. The van der Waals surface area contributed by atoms with Crippen LogP contribution in [0.1, 0.15) is 22.3 Å². The van der Waals surface area contributed by atoms with Crippen molar-refractivity contribution >= 4 is 30.1 Å². The summed E-state index contributed by atoms with van der Waals surface area (Å²) < 4.78 is 182. The van der Waals surface area contributed by atoms with Crippen LogP contribution in [0.3, 0.4) is 0 Å². The van der Waals surface area contributed by atoms with E-state index in [1.165, 1.54) is 36.4 Å². The van der Waals surface area contributed by atoms with E-state index in [0.717, 1.165) is 24.3 Å². The lowest BCUT2D eigenvalue weighted by Gasteiger charge is -2.50. The molecular formula is C68H86O41S3. The standard InChI is InChI=1S/C68H86O41S3/c69-17-32-53-41(76)46(81)62(94-32)101-54-33(18-70)95-65(47(82)42(54)77)104-58-37(22-74)99-68-60(51(58)86)108-111(90,91)28-7-1-24(2-8-28)13-26-5-11-30-31-12-6-27(16-40(31)110(88,89)39(30)15-26)14-25-3-9-29(10-4-25)112(92,93)109-61-52(87)59(38(23-75)100-67(61)106-56-35(20-72)97-63(102-53)49(84)44(56)79)105-66-48(83)43(78)55(34(19-71)96-66)103-64-50(85)45(80)57(107-68)36(21-73)98-64/h1-12,15-16,32-38,41-87H,13-14,17-23H2/t32-,33-,34-,35-,36-,37-,38-,41-,42-,43-,44-,45-,46-,47-,48-,49-,50+,51+,52+,53-,54-,55-,56-,57-,58-,59-,60-,61-,62-,63-,64-,65-,66-,67-,68-/m1/s1. The van der Waals surface area contributed by atoms with Gasteiger partial charge in [-0.1, -0.05) is 48.5 Å². The van der Waals surface area contributed by atoms with E-state index in [9.17, 15) is 122 Å². The zero-order chi connectivity index (χ0) is 80.1. The molecule has 0 aromatic heterocycles. The zero-order valence-electron chi connectivity index (χ0n) is 58.4. The highest BCUT2D eigenvalue weighted by atomic mass is 32.2. The predicted octanol–water partition coefficient (Wildman–Crippen LogP) is -10.1. The maximum atomic E-state index is 14.7. The van der Waals surface area contributed by atoms with Crippen molar-refractivity contribution in [3.8, 4) is 11.1 Å². The summed E-state index contributed by atoms with van der Waals surface area (Å²) >= 11 is 0. The number of sulfone groups is 1. The van der Waals surface area contributed by atoms with Gasteiger partial charge in [0.2, 0.25) is 9.84 Å². The molecule has 0 amide bonds. The Morgan fingerprint density at radius 3 is 0.705 bits per heavy atom. The van der Waals surface area contributed by atoms with E-state index in [4.69, 9.17) is 74.7 Å². The third kappa shape index (κ3) is 15.8. The Balaban J connectivity index is 0.875. The summed E-state index contributed by atoms with van der Waals surface area (Å²) in [6.45, 7) is -8.45. The van der Waals surface area contributed by atoms with Crippen molar-refractivity contribution in [1.82, 2.24) is 0 Å². The van der Waals surface area contributed by atoms with Crippen molar-refractivity contribution in [3.63, 3.8) is 0 Å². The number of ether oxygens (including phenoxy) is 14. The topological polar surface area (TPSA) is 634 Å². The first-order chi connectivity index (χ1) is 53.3. The molecule has 19 N–H and O–H groups in total. The van der Waals surface area contributed by atoms with Crippen LogP contribution in [0.2, 0.25) is 0 Å². The Kier molecular flexibility index (Phi) is 25.2. The molecule has 0 unspecified atom stereocenters. The molecule has 25 rings (SSSR count). The minimum atomic E-state index is -5.27. The van der Waals surface area contributed by atoms with E-state index < -0.39 is 301 Å². The van der Waals surface area contributed by atoms with Gasteiger partial charge < -0.3 is 163 Å². The minimum Gasteiger partial charge on any atom is -0.394 e. The summed E-state index contributed by atoms with van der Waals surface area (Å²) in [4.78, 5) is -1.40. The van der Waals surface area contributed by atoms with Gasteiger partial charge in [-0.3, -0.25) is 8.37 Å². The molecule has 35 atom stereocenters. The summed E-state index contributed by atoms with van der Waals surface area (Å²) in [7, 11) is -14.8. The highest BCUT2D eigenvalue weighted by Gasteiger charge is 2.61. The number of hydrogen-bond acceptors (Lipinski definition) is 41. The molecule has 21 aliphatic heterocycles. The van der Waals surface area contributed by atoms with Crippen LogP contribution >= 0.6 is 0 Å². The molecule has 15 saturated heterocycles. The monoisotopic (exact) mass is 1650 g/mol. The van der Waals surface area contributed by atoms with Crippen molar-refractivity contribution in [2.45, 2.75) is 247 Å². The average molecular weight is 1660 g/mol. The minimum absolute atomic E-state index is 0.00118. The van der Waals surface area contributed by atoms with Crippen LogP contribution in [0.5, 0.6) is 0 Å². The van der Waals surface area contributed by atoms with E-state index in [1.807, 2.05) is 0 Å². The van der Waals surface area contributed by atoms with E-state index in [-0.39, 0.29) is 22.6 Å². The van der Waals surface area contributed by atoms with E-state index >= 15 is 0 Å². The van der Waals surface area contributed by atoms with Gasteiger partial charge in [-0.05, 0) is 71.5 Å². The van der Waals surface area contributed by atoms with Crippen LogP contribution in [0.4, 0.5) is 0 Å². The summed E-state index contributed by atoms with van der Waals surface area (Å²) in [5, 5.41) is 219. The van der Waals surface area contributed by atoms with Gasteiger partial charge in [0.1, 0.15) is 159 Å². The van der Waals surface area contributed by atoms with Crippen LogP contribution in [-0.4, -0.2) is 383 Å². The number of aliphatic hydroxyl groups is 19. The van der Waals surface area contributed by atoms with Crippen molar-refractivity contribution in [3.05, 3.63) is 107 Å². The third-order valence-electron chi connectivity index (χ3n) is 21.4. The van der Waals surface area contributed by atoms with Gasteiger partial charge in [0, 0.05) is 11.1 Å². The quantitative estimate of drug-likeness (QED) is 0.0673. The molecule has 0 radical (unpaired) electrons. The number of benzene rings is 4. The molecule has 24 bridgehead atoms. The van der Waals surface area contributed by atoms with Gasteiger partial charge in [-0.15, -0.1) is 0 Å². The molecular weight excluding hydrogens is 1570 g/mol. The predicted molar refractivity (Wildman–Crippen MR) is 356 cm³/mol. The van der Waals surface area contributed by atoms with Crippen LogP contribution < -0.4 is 0 Å². The van der Waals surface area contributed by atoms with Crippen molar-refractivity contribution in [2.75, 3.05) is 46.2 Å². The van der Waals surface area contributed by atoms with Gasteiger partial charge >= 0.3 is 0 Å². The van der Waals surface area contributed by atoms with Gasteiger partial charge in [0.15, 0.2) is 56.2 Å². The van der Waals surface area contributed by atoms with E-state index in [0.29, 0.717) is 33.4 Å². The molecule has 0 spiro atoms. The highest BCUT2D eigenvalue weighted by Crippen LogP contribution is 2.46. The number of rotatable bonds is 7. The molecule has 112 heavy (non-hydrogen) atoms. The van der Waals surface area contributed by atoms with Gasteiger partial charge in [-0.2, -0.15) is 16.8 Å². The molecule has 15 fully saturated rings. The third-order valence-corrected chi connectivity index (χ3v) is 25.9. The maximum Gasteiger partial charge on any atom is 0.297 e. The second kappa shape index (κ2) is 33.6. The second-order valence-corrected chi connectivity index (χ2v) is 33.5. The van der Waals surface area contributed by atoms with Crippen LogP contribution in [0.15, 0.2) is 105 Å². The largest absolute Gasteiger partial charge is 0.394 e. The highest BCUT2D eigenvalue weighted by molar-refractivity contribution is 7.92. The van der Waals surface area contributed by atoms with Crippen molar-refractivity contribution < 1.29 is 197 Å². The average Bonchev–Trinajstić information content (AvgIpc) is 1.62. The summed E-state index contributed by atoms with van der Waals surface area (Å²) in [5.41, 5.74) is 2.39. The Hall–Kier alpha value is -4.67. The number of aliphatic hydroxyl groups excluding tert-OH is 19. The number of fused-ring (bicyclic) bond motifs is 8. The fourth-order valence-electron chi connectivity index (χ4n) is 15.4. The molecule has 4 aromatic rings. The van der Waals surface area contributed by atoms with Gasteiger partial charge in [-0.25, -0.2) is 8.42 Å². The van der Waals surface area contributed by atoms with Crippen LogP contribution in [0.25, 0.3) is 11.1 Å². The van der Waals surface area contributed by atoms with Crippen molar-refractivity contribution in [1.29, 1.82) is 0 Å². The molecule has 21 aliphatic rings. The molecule has 0 aliphatic carbocycles. The summed E-state index contributed by atoms with van der Waals surface area (Å²) in [5.74, 6) is 0. The van der Waals surface area contributed by atoms with E-state index in [1.54, 1.807) is 24.3 Å². The SMILES string of the molecule is O=S1(=O)O[C@H]2[C@H]3O[C@H]4[C@H](O)[C@H](O)[C@@H](O[C@H]5[C@H](O)[C@@H](O)[C@@H](O[C@H]6[C@H](O)[C@@H](OS(=O)(=O)c7ccc(cc7)Cc7ccc8c(c7)S(=O)(=O)c7cc(ccc7-8)Cc7ccc1cc7)[C@@H](O[C@H]1[C@H](O)[C@@H](O)[C@@H](O[C@H]7[C@H](O)[C@@H](O)[C@@H](O[C@H]8[C@H](O)[C@@H](O)[C@@H](O[C@@H]([C@@H]2O)[C@@H](CO)O3)O[C@@H]8CO)O[C@@H]7CO)O[C@@H]1CO)O[C@@H]6CO)O[C@@H]5CO)O[C@@H]4CO. The van der Waals surface area contributed by atoms with Crippen molar-refractivity contribution in [2.24, 2.45) is 0 Å². The normalized spacial score (nSPS) is 44.2. The second-order valence-electron chi connectivity index (χ2n) is 28.5. The Morgan fingerprint density at radius 1 is 0.250 bits per heavy atom. The lowest BCUT2D eigenvalue weighted by atomic mass is 9.95. The molecule has 44 heteroatoms. The Bertz CT molecular complexity index is 4160. The molecule has 0 saturated carbocycles. The van der Waals surface area contributed by atoms with Gasteiger partial charge in [0.25, 0.3) is 20.2 Å². The van der Waals surface area contributed by atoms with Gasteiger partial charge in [0.05, 0.1) is 65.8 Å². The molecule has 21 heterocycles. The fourth-order valence-corrected chi connectivity index (χ4v) is 19.3. The maximum absolute atomic E-state index is 14.7. The van der Waals surface area contributed by atoms with E-state index in [2.05, 4.69) is 0 Å². The zero-order valence-corrected chi connectivity index (χ0v) is 60.8. The Morgan fingerprint density at radius 2 is 0.464 bits per heavy atom. The van der Waals surface area contributed by atoms with Crippen LogP contribution in [-0.2, 0) is 118 Å². The van der Waals surface area contributed by atoms with Crippen LogP contribution in [0, 0.1) is 0 Å². The lowest BCUT2D eigenvalue weighted by Crippen LogP contribution is -2.68. The summed E-state index contributed by atoms with van der Waals surface area (Å²) in [6, 6.07) is 19.0. The lowest BCUT2D eigenvalue weighted by molar-refractivity contribution is -0.395. The fraction of sp³-hybridized carbons (Fsp3) is 0.647. The molecule has 622 valence electrons.